The number of nitrogens with one attached hydrogen (secondary N) is 1. The molecular formula is C30H27N3O4S. The third kappa shape index (κ3) is 5.50. The smallest absolute Gasteiger partial charge is 0.283 e. The van der Waals surface area contributed by atoms with Gasteiger partial charge in [0, 0.05) is 11.3 Å². The van der Waals surface area contributed by atoms with Crippen LogP contribution in [0.25, 0.3) is 11.8 Å². The molecule has 0 radical (unpaired) electrons. The Morgan fingerprint density at radius 3 is 2.42 bits per heavy atom. The van der Waals surface area contributed by atoms with E-state index in [4.69, 9.17) is 19.6 Å². The van der Waals surface area contributed by atoms with E-state index in [0.29, 0.717) is 35.4 Å². The number of carbonyl (C=O) groups excluding carboxylic acids is 1. The van der Waals surface area contributed by atoms with Crippen molar-refractivity contribution in [3.8, 4) is 17.2 Å². The van der Waals surface area contributed by atoms with Gasteiger partial charge >= 0.3 is 0 Å². The van der Waals surface area contributed by atoms with E-state index in [-0.39, 0.29) is 17.3 Å². The van der Waals surface area contributed by atoms with Gasteiger partial charge in [-0.05, 0) is 41.5 Å². The second-order valence-corrected chi connectivity index (χ2v) is 9.72. The fourth-order valence-electron chi connectivity index (χ4n) is 4.01. The Morgan fingerprint density at radius 1 is 0.974 bits per heavy atom. The number of aliphatic imine (C=N–C) groups is 1. The molecule has 2 heterocycles. The minimum Gasteiger partial charge on any atom is -0.493 e. The standard InChI is InChI=1S/C30H27N3O4S/c1-20(17-36-23-11-7-4-8-12-23)18-37-26-14-13-21(16-27(26)35-2)15-24-28(31)33-25(22-9-5-3-6-10-22)19-38-30(33)32-29(24)34/h3-16,19-20,31H,17-18H2,1-2H3/b24-15+,31-28?. The van der Waals surface area contributed by atoms with Gasteiger partial charge in [0.1, 0.15) is 11.6 Å². The van der Waals surface area contributed by atoms with Crippen molar-refractivity contribution < 1.29 is 19.0 Å². The lowest BCUT2D eigenvalue weighted by Crippen LogP contribution is -2.38. The van der Waals surface area contributed by atoms with Crippen molar-refractivity contribution in [1.29, 1.82) is 5.41 Å². The van der Waals surface area contributed by atoms with E-state index in [1.54, 1.807) is 24.2 Å². The van der Waals surface area contributed by atoms with Gasteiger partial charge in [-0.3, -0.25) is 15.1 Å². The van der Waals surface area contributed by atoms with Gasteiger partial charge < -0.3 is 14.2 Å². The first kappa shape index (κ1) is 25.4. The number of carbonyl (C=O) groups is 1. The number of hydrogen-bond acceptors (Lipinski definition) is 6. The van der Waals surface area contributed by atoms with Gasteiger partial charge in [0.2, 0.25) is 0 Å². The van der Waals surface area contributed by atoms with Crippen molar-refractivity contribution in [3.05, 3.63) is 101 Å². The largest absolute Gasteiger partial charge is 0.493 e. The predicted molar refractivity (Wildman–Crippen MR) is 152 cm³/mol. The number of benzene rings is 3. The van der Waals surface area contributed by atoms with Gasteiger partial charge in [-0.1, -0.05) is 73.3 Å². The molecule has 1 unspecified atom stereocenters. The summed E-state index contributed by atoms with van der Waals surface area (Å²) in [5.74, 6) is 1.76. The van der Waals surface area contributed by atoms with Crippen LogP contribution >= 0.6 is 11.8 Å². The van der Waals surface area contributed by atoms with Crippen molar-refractivity contribution in [2.45, 2.75) is 6.92 Å². The normalized spacial score (nSPS) is 16.6. The lowest BCUT2D eigenvalue weighted by Gasteiger charge is -2.27. The van der Waals surface area contributed by atoms with Gasteiger partial charge in [0.25, 0.3) is 5.91 Å². The summed E-state index contributed by atoms with van der Waals surface area (Å²) in [4.78, 5) is 18.8. The molecule has 192 valence electrons. The molecule has 38 heavy (non-hydrogen) atoms. The van der Waals surface area contributed by atoms with E-state index in [1.165, 1.54) is 11.8 Å². The molecule has 0 aliphatic carbocycles. The molecule has 8 heteroatoms. The number of thioether (sulfide) groups is 1. The van der Waals surface area contributed by atoms with Crippen LogP contribution in [-0.4, -0.2) is 42.1 Å². The first-order valence-corrected chi connectivity index (χ1v) is 13.1. The molecule has 3 aromatic carbocycles. The van der Waals surface area contributed by atoms with Crippen molar-refractivity contribution in [3.63, 3.8) is 0 Å². The van der Waals surface area contributed by atoms with Crippen LogP contribution in [0.15, 0.2) is 94.8 Å². The molecule has 0 fully saturated rings. The average molecular weight is 526 g/mol. The molecule has 2 aliphatic heterocycles. The Labute approximate surface area is 225 Å². The second kappa shape index (κ2) is 11.4. The second-order valence-electron chi connectivity index (χ2n) is 8.88. The molecule has 0 saturated heterocycles. The number of fused-ring (bicyclic) bond motifs is 1. The third-order valence-corrected chi connectivity index (χ3v) is 6.81. The average Bonchev–Trinajstić information content (AvgIpc) is 3.38. The minimum atomic E-state index is -0.442. The van der Waals surface area contributed by atoms with E-state index < -0.39 is 5.91 Å². The Bertz CT molecular complexity index is 1430. The van der Waals surface area contributed by atoms with Crippen LogP contribution in [0.5, 0.6) is 17.2 Å². The SMILES string of the molecule is COc1cc(/C=C2\C(=N)N3C(c4ccccc4)=CSC3=NC2=O)ccc1OCC(C)COc1ccccc1. The highest BCUT2D eigenvalue weighted by molar-refractivity contribution is 8.17. The zero-order chi connectivity index (χ0) is 26.5. The number of amidine groups is 2. The first-order chi connectivity index (χ1) is 18.5. The molecule has 3 aromatic rings. The van der Waals surface area contributed by atoms with Crippen molar-refractivity contribution >= 4 is 40.4 Å². The molecule has 5 rings (SSSR count). The Hall–Kier alpha value is -4.30. The molecule has 0 bridgehead atoms. The Morgan fingerprint density at radius 2 is 1.68 bits per heavy atom. The highest BCUT2D eigenvalue weighted by Gasteiger charge is 2.36. The number of rotatable bonds is 9. The molecule has 0 saturated carbocycles. The molecule has 7 nitrogen and oxygen atoms in total. The monoisotopic (exact) mass is 525 g/mol. The van der Waals surface area contributed by atoms with E-state index in [9.17, 15) is 4.79 Å². The fraction of sp³-hybridized carbons (Fsp3) is 0.167. The summed E-state index contributed by atoms with van der Waals surface area (Å²) < 4.78 is 17.4. The lowest BCUT2D eigenvalue weighted by molar-refractivity contribution is -0.114. The summed E-state index contributed by atoms with van der Waals surface area (Å²) in [5.41, 5.74) is 2.69. The van der Waals surface area contributed by atoms with Crippen LogP contribution in [0, 0.1) is 11.3 Å². The number of amides is 1. The van der Waals surface area contributed by atoms with Crippen LogP contribution in [0.3, 0.4) is 0 Å². The zero-order valence-corrected chi connectivity index (χ0v) is 21.9. The summed E-state index contributed by atoms with van der Waals surface area (Å²) in [6.07, 6.45) is 1.67. The fourth-order valence-corrected chi connectivity index (χ4v) is 4.90. The van der Waals surface area contributed by atoms with Crippen molar-refractivity contribution in [2.75, 3.05) is 20.3 Å². The number of ether oxygens (including phenoxy) is 3. The summed E-state index contributed by atoms with van der Waals surface area (Å²) in [5, 5.41) is 11.2. The molecule has 1 amide bonds. The summed E-state index contributed by atoms with van der Waals surface area (Å²) in [7, 11) is 1.57. The van der Waals surface area contributed by atoms with Crippen molar-refractivity contribution in [2.24, 2.45) is 10.9 Å². The quantitative estimate of drug-likeness (QED) is 0.340. The maximum absolute atomic E-state index is 12.8. The van der Waals surface area contributed by atoms with Crippen LogP contribution in [-0.2, 0) is 4.79 Å². The first-order valence-electron chi connectivity index (χ1n) is 12.2. The maximum Gasteiger partial charge on any atom is 0.283 e. The number of nitrogens with zero attached hydrogens (tertiary/aromatic N) is 2. The maximum atomic E-state index is 12.8. The molecule has 2 aliphatic rings. The Balaban J connectivity index is 1.29. The summed E-state index contributed by atoms with van der Waals surface area (Å²) in [6.45, 7) is 3.03. The lowest BCUT2D eigenvalue weighted by atomic mass is 10.1. The van der Waals surface area contributed by atoms with E-state index in [0.717, 1.165) is 17.0 Å². The number of hydrogen-bond donors (Lipinski definition) is 1. The van der Waals surface area contributed by atoms with Gasteiger partial charge in [-0.15, -0.1) is 0 Å². The van der Waals surface area contributed by atoms with E-state index in [2.05, 4.69) is 11.9 Å². The molecule has 1 N–H and O–H groups in total. The van der Waals surface area contributed by atoms with E-state index in [1.807, 2.05) is 78.2 Å². The number of methoxy groups -OCH3 is 1. The van der Waals surface area contributed by atoms with Gasteiger partial charge in [0.05, 0.1) is 31.6 Å². The Kier molecular flexibility index (Phi) is 7.60. The molecule has 1 atom stereocenters. The van der Waals surface area contributed by atoms with Crippen LogP contribution in [0.4, 0.5) is 0 Å². The minimum absolute atomic E-state index is 0.0895. The highest BCUT2D eigenvalue weighted by Crippen LogP contribution is 2.37. The number of para-hydroxylation sites is 1. The topological polar surface area (TPSA) is 84.2 Å². The van der Waals surface area contributed by atoms with Crippen LogP contribution < -0.4 is 14.2 Å². The predicted octanol–water partition coefficient (Wildman–Crippen LogP) is 6.09. The van der Waals surface area contributed by atoms with Gasteiger partial charge in [-0.2, -0.15) is 4.99 Å². The van der Waals surface area contributed by atoms with Crippen LogP contribution in [0.2, 0.25) is 0 Å². The van der Waals surface area contributed by atoms with E-state index >= 15 is 0 Å². The van der Waals surface area contributed by atoms with Gasteiger partial charge in [0.15, 0.2) is 16.7 Å². The highest BCUT2D eigenvalue weighted by atomic mass is 32.2. The third-order valence-electron chi connectivity index (χ3n) is 5.98. The zero-order valence-electron chi connectivity index (χ0n) is 21.1. The molecule has 0 spiro atoms. The van der Waals surface area contributed by atoms with Crippen LogP contribution in [0.1, 0.15) is 18.1 Å². The van der Waals surface area contributed by atoms with Crippen molar-refractivity contribution in [1.82, 2.24) is 4.90 Å². The van der Waals surface area contributed by atoms with Gasteiger partial charge in [-0.25, -0.2) is 0 Å². The molecular weight excluding hydrogens is 498 g/mol. The summed E-state index contributed by atoms with van der Waals surface area (Å²) in [6, 6.07) is 24.9. The molecule has 0 aromatic heterocycles. The summed E-state index contributed by atoms with van der Waals surface area (Å²) >= 11 is 1.34.